The topological polar surface area (TPSA) is 92.4 Å². The smallest absolute Gasteiger partial charge is 0.330 e. The highest BCUT2D eigenvalue weighted by molar-refractivity contribution is 6.31. The summed E-state index contributed by atoms with van der Waals surface area (Å²) in [6.07, 6.45) is 0. The monoisotopic (exact) mass is 242 g/mol. The van der Waals surface area contributed by atoms with Gasteiger partial charge in [-0.15, -0.1) is 0 Å². The van der Waals surface area contributed by atoms with Crippen molar-refractivity contribution >= 4 is 29.2 Å². The summed E-state index contributed by atoms with van der Waals surface area (Å²) in [6.45, 7) is 1.82. The fourth-order valence-corrected chi connectivity index (χ4v) is 1.18. The van der Waals surface area contributed by atoms with Gasteiger partial charge in [0.05, 0.1) is 0 Å². The van der Waals surface area contributed by atoms with Crippen LogP contribution in [0.2, 0.25) is 5.02 Å². The number of rotatable bonds is 3. The summed E-state index contributed by atoms with van der Waals surface area (Å²) >= 11 is 5.84. The van der Waals surface area contributed by atoms with Crippen molar-refractivity contribution in [2.24, 2.45) is 5.73 Å². The molecule has 86 valence electrons. The molecule has 1 atom stereocenters. The molecule has 1 rings (SSSR count). The largest absolute Gasteiger partial charge is 0.480 e. The van der Waals surface area contributed by atoms with Gasteiger partial charge in [-0.1, -0.05) is 17.7 Å². The number of carbonyl (C=O) groups is 2. The minimum Gasteiger partial charge on any atom is -0.480 e. The van der Waals surface area contributed by atoms with E-state index in [2.05, 4.69) is 5.32 Å². The predicted molar refractivity (Wildman–Crippen MR) is 60.4 cm³/mol. The second-order valence-electron chi connectivity index (χ2n) is 3.27. The van der Waals surface area contributed by atoms with Crippen molar-refractivity contribution in [1.82, 2.24) is 0 Å². The van der Waals surface area contributed by atoms with Gasteiger partial charge < -0.3 is 16.2 Å². The number of nitrogens with one attached hydrogen (secondary N) is 1. The molecule has 0 aliphatic heterocycles. The van der Waals surface area contributed by atoms with Gasteiger partial charge >= 0.3 is 5.97 Å². The number of hydrogen-bond acceptors (Lipinski definition) is 3. The number of hydrogen-bond donors (Lipinski definition) is 3. The van der Waals surface area contributed by atoms with Crippen LogP contribution in [0.1, 0.15) is 5.56 Å². The summed E-state index contributed by atoms with van der Waals surface area (Å²) in [7, 11) is 0. The number of amides is 1. The maximum Gasteiger partial charge on any atom is 0.330 e. The lowest BCUT2D eigenvalue weighted by molar-refractivity contribution is -0.141. The van der Waals surface area contributed by atoms with Gasteiger partial charge in [-0.25, -0.2) is 4.79 Å². The Bertz CT molecular complexity index is 434. The molecule has 1 aromatic rings. The second-order valence-corrected chi connectivity index (χ2v) is 3.68. The van der Waals surface area contributed by atoms with E-state index in [1.807, 2.05) is 6.92 Å². The number of nitrogens with two attached hydrogens (primary N) is 1. The van der Waals surface area contributed by atoms with E-state index < -0.39 is 17.9 Å². The van der Waals surface area contributed by atoms with Gasteiger partial charge in [0.25, 0.3) is 5.91 Å². The molecule has 5 nitrogen and oxygen atoms in total. The Morgan fingerprint density at radius 3 is 2.62 bits per heavy atom. The minimum atomic E-state index is -1.58. The standard InChI is InChI=1S/C10H11ClN2O3/c1-5-2-3-6(4-7(5)11)13-9(14)8(12)10(15)16/h2-4,8H,12H2,1H3,(H,13,14)(H,15,16). The summed E-state index contributed by atoms with van der Waals surface area (Å²) in [6, 6.07) is 3.28. The lowest BCUT2D eigenvalue weighted by Crippen LogP contribution is -2.42. The van der Waals surface area contributed by atoms with Crippen molar-refractivity contribution in [3.05, 3.63) is 28.8 Å². The number of aliphatic carboxylic acids is 1. The molecule has 0 heterocycles. The van der Waals surface area contributed by atoms with E-state index in [-0.39, 0.29) is 0 Å². The molecule has 6 heteroatoms. The molecule has 16 heavy (non-hydrogen) atoms. The highest BCUT2D eigenvalue weighted by atomic mass is 35.5. The lowest BCUT2D eigenvalue weighted by atomic mass is 10.2. The summed E-state index contributed by atoms with van der Waals surface area (Å²) in [4.78, 5) is 21.7. The van der Waals surface area contributed by atoms with E-state index in [0.717, 1.165) is 5.56 Å². The third kappa shape index (κ3) is 2.95. The van der Waals surface area contributed by atoms with Crippen LogP contribution in [0.4, 0.5) is 5.69 Å². The molecule has 0 aliphatic rings. The van der Waals surface area contributed by atoms with E-state index in [0.29, 0.717) is 10.7 Å². The molecule has 0 aromatic heterocycles. The first-order valence-corrected chi connectivity index (χ1v) is 4.85. The molecule has 0 spiro atoms. The van der Waals surface area contributed by atoms with Crippen LogP contribution in [-0.4, -0.2) is 23.0 Å². The number of aryl methyl sites for hydroxylation is 1. The molecule has 1 amide bonds. The zero-order valence-electron chi connectivity index (χ0n) is 8.53. The minimum absolute atomic E-state index is 0.414. The van der Waals surface area contributed by atoms with E-state index in [4.69, 9.17) is 22.4 Å². The second kappa shape index (κ2) is 4.96. The van der Waals surface area contributed by atoms with Gasteiger partial charge in [-0.05, 0) is 24.6 Å². The van der Waals surface area contributed by atoms with Crippen molar-refractivity contribution in [3.63, 3.8) is 0 Å². The normalized spacial score (nSPS) is 11.9. The molecule has 0 fully saturated rings. The average molecular weight is 243 g/mol. The number of carbonyl (C=O) groups excluding carboxylic acids is 1. The molecule has 0 saturated heterocycles. The van der Waals surface area contributed by atoms with Crippen molar-refractivity contribution in [1.29, 1.82) is 0 Å². The quantitative estimate of drug-likeness (QED) is 0.690. The number of anilines is 1. The van der Waals surface area contributed by atoms with Crippen molar-refractivity contribution in [2.45, 2.75) is 13.0 Å². The van der Waals surface area contributed by atoms with E-state index in [1.165, 1.54) is 6.07 Å². The number of halogens is 1. The van der Waals surface area contributed by atoms with Gasteiger partial charge in [-0.2, -0.15) is 0 Å². The Balaban J connectivity index is 2.77. The van der Waals surface area contributed by atoms with Crippen LogP contribution >= 0.6 is 11.6 Å². The Labute approximate surface area is 97.2 Å². The highest BCUT2D eigenvalue weighted by Crippen LogP contribution is 2.19. The number of carboxylic acid groups (broad SMARTS) is 1. The van der Waals surface area contributed by atoms with Crippen LogP contribution in [0, 0.1) is 6.92 Å². The Morgan fingerprint density at radius 1 is 1.50 bits per heavy atom. The van der Waals surface area contributed by atoms with E-state index in [9.17, 15) is 9.59 Å². The van der Waals surface area contributed by atoms with Gasteiger partial charge in [0, 0.05) is 10.7 Å². The molecule has 4 N–H and O–H groups in total. The van der Waals surface area contributed by atoms with Gasteiger partial charge in [-0.3, -0.25) is 4.79 Å². The van der Waals surface area contributed by atoms with Gasteiger partial charge in [0.1, 0.15) is 0 Å². The molecular formula is C10H11ClN2O3. The van der Waals surface area contributed by atoms with Crippen LogP contribution in [0.25, 0.3) is 0 Å². The SMILES string of the molecule is Cc1ccc(NC(=O)C(N)C(=O)O)cc1Cl. The summed E-state index contributed by atoms with van der Waals surface area (Å²) in [5.41, 5.74) is 6.41. The fourth-order valence-electron chi connectivity index (χ4n) is 1.00. The van der Waals surface area contributed by atoms with Crippen molar-refractivity contribution in [3.8, 4) is 0 Å². The third-order valence-electron chi connectivity index (χ3n) is 1.99. The third-order valence-corrected chi connectivity index (χ3v) is 2.40. The zero-order chi connectivity index (χ0) is 12.3. The predicted octanol–water partition coefficient (Wildman–Crippen LogP) is 0.999. The van der Waals surface area contributed by atoms with Crippen LogP contribution in [0.15, 0.2) is 18.2 Å². The molecule has 0 aliphatic carbocycles. The molecule has 0 bridgehead atoms. The van der Waals surface area contributed by atoms with Gasteiger partial charge in [0.2, 0.25) is 0 Å². The summed E-state index contributed by atoms with van der Waals surface area (Å²) in [5.74, 6) is -2.16. The van der Waals surface area contributed by atoms with Crippen molar-refractivity contribution < 1.29 is 14.7 Å². The molecular weight excluding hydrogens is 232 g/mol. The zero-order valence-corrected chi connectivity index (χ0v) is 9.28. The number of benzene rings is 1. The van der Waals surface area contributed by atoms with Crippen LogP contribution in [0.5, 0.6) is 0 Å². The maximum atomic E-state index is 11.3. The Kier molecular flexibility index (Phi) is 3.87. The van der Waals surface area contributed by atoms with Gasteiger partial charge in [0.15, 0.2) is 6.04 Å². The molecule has 0 saturated carbocycles. The summed E-state index contributed by atoms with van der Waals surface area (Å²) in [5, 5.41) is 11.4. The fraction of sp³-hybridized carbons (Fsp3) is 0.200. The molecule has 1 aromatic carbocycles. The summed E-state index contributed by atoms with van der Waals surface area (Å²) < 4.78 is 0. The van der Waals surface area contributed by atoms with E-state index in [1.54, 1.807) is 12.1 Å². The Hall–Kier alpha value is -1.59. The number of carboxylic acids is 1. The highest BCUT2D eigenvalue weighted by Gasteiger charge is 2.21. The molecule has 0 radical (unpaired) electrons. The van der Waals surface area contributed by atoms with Crippen LogP contribution in [0.3, 0.4) is 0 Å². The lowest BCUT2D eigenvalue weighted by Gasteiger charge is -2.09. The Morgan fingerprint density at radius 2 is 2.12 bits per heavy atom. The first-order valence-electron chi connectivity index (χ1n) is 4.47. The first kappa shape index (κ1) is 12.5. The van der Waals surface area contributed by atoms with Crippen LogP contribution in [-0.2, 0) is 9.59 Å². The van der Waals surface area contributed by atoms with Crippen LogP contribution < -0.4 is 11.1 Å². The maximum absolute atomic E-state index is 11.3. The van der Waals surface area contributed by atoms with E-state index >= 15 is 0 Å². The van der Waals surface area contributed by atoms with Crippen molar-refractivity contribution in [2.75, 3.05) is 5.32 Å². The average Bonchev–Trinajstić information content (AvgIpc) is 2.22. The molecule has 1 unspecified atom stereocenters. The first-order chi connectivity index (χ1) is 7.41.